The molecule has 0 saturated heterocycles. The summed E-state index contributed by atoms with van der Waals surface area (Å²) in [4.78, 5) is 12.2. The van der Waals surface area contributed by atoms with Gasteiger partial charge >= 0.3 is 0 Å². The van der Waals surface area contributed by atoms with E-state index in [4.69, 9.17) is 5.73 Å². The van der Waals surface area contributed by atoms with Crippen LogP contribution in [0.3, 0.4) is 0 Å². The molecule has 1 amide bonds. The molecule has 110 valence electrons. The molecule has 2 aromatic carbocycles. The summed E-state index contributed by atoms with van der Waals surface area (Å²) >= 11 is 3.30. The topological polar surface area (TPSA) is 75.4 Å². The zero-order chi connectivity index (χ0) is 15.2. The van der Waals surface area contributed by atoms with Crippen LogP contribution in [0.2, 0.25) is 0 Å². The molecule has 1 atom stereocenters. The number of nitrogens with one attached hydrogen (secondary N) is 1. The molecule has 2 aromatic rings. The molecule has 0 aliphatic carbocycles. The molecule has 0 bridgehead atoms. The van der Waals surface area contributed by atoms with Gasteiger partial charge < -0.3 is 16.2 Å². The summed E-state index contributed by atoms with van der Waals surface area (Å²) in [5.74, 6) is -0.231. The van der Waals surface area contributed by atoms with Crippen molar-refractivity contribution in [2.24, 2.45) is 0 Å². The van der Waals surface area contributed by atoms with Gasteiger partial charge in [0, 0.05) is 15.7 Å². The maximum atomic E-state index is 12.2. The van der Waals surface area contributed by atoms with Crippen molar-refractivity contribution in [3.05, 3.63) is 64.1 Å². The summed E-state index contributed by atoms with van der Waals surface area (Å²) in [6.45, 7) is -0.114. The number of hydrogen-bond acceptors (Lipinski definition) is 3. The Balaban J connectivity index is 2.04. The standard InChI is InChI=1S/C16H17BrN2O2/c17-14-9-12(6-7-15(14)18)16(21)19-13(10-20)8-11-4-2-1-3-5-11/h1-7,9,13,20H,8,10,18H2,(H,19,21). The minimum atomic E-state index is -0.323. The largest absolute Gasteiger partial charge is 0.398 e. The monoisotopic (exact) mass is 348 g/mol. The van der Waals surface area contributed by atoms with Crippen LogP contribution in [-0.2, 0) is 6.42 Å². The molecule has 1 unspecified atom stereocenters. The van der Waals surface area contributed by atoms with Crippen molar-refractivity contribution in [3.8, 4) is 0 Å². The first kappa shape index (κ1) is 15.5. The van der Waals surface area contributed by atoms with Crippen LogP contribution in [0.1, 0.15) is 15.9 Å². The lowest BCUT2D eigenvalue weighted by molar-refractivity contribution is 0.0916. The number of amides is 1. The van der Waals surface area contributed by atoms with Crippen molar-refractivity contribution in [2.45, 2.75) is 12.5 Å². The normalized spacial score (nSPS) is 11.9. The summed E-state index contributed by atoms with van der Waals surface area (Å²) in [5, 5.41) is 12.3. The first-order valence-corrected chi connectivity index (χ1v) is 7.40. The number of aliphatic hydroxyl groups is 1. The van der Waals surface area contributed by atoms with E-state index < -0.39 is 0 Å². The van der Waals surface area contributed by atoms with Gasteiger partial charge in [0.05, 0.1) is 12.6 Å². The Kier molecular flexibility index (Phi) is 5.36. The maximum Gasteiger partial charge on any atom is 0.251 e. The van der Waals surface area contributed by atoms with E-state index in [0.29, 0.717) is 22.1 Å². The minimum Gasteiger partial charge on any atom is -0.398 e. The van der Waals surface area contributed by atoms with Crippen molar-refractivity contribution < 1.29 is 9.90 Å². The van der Waals surface area contributed by atoms with Crippen molar-refractivity contribution in [3.63, 3.8) is 0 Å². The number of nitrogens with two attached hydrogens (primary N) is 1. The molecule has 0 aliphatic heterocycles. The summed E-state index contributed by atoms with van der Waals surface area (Å²) in [7, 11) is 0. The highest BCUT2D eigenvalue weighted by atomic mass is 79.9. The molecule has 21 heavy (non-hydrogen) atoms. The lowest BCUT2D eigenvalue weighted by Crippen LogP contribution is -2.39. The molecule has 0 fully saturated rings. The van der Waals surface area contributed by atoms with E-state index in [1.165, 1.54) is 0 Å². The third kappa shape index (κ3) is 4.31. The van der Waals surface area contributed by atoms with Gasteiger partial charge in [-0.1, -0.05) is 30.3 Å². The molecule has 0 saturated carbocycles. The fourth-order valence-corrected chi connectivity index (χ4v) is 2.38. The van der Waals surface area contributed by atoms with E-state index in [1.807, 2.05) is 30.3 Å². The van der Waals surface area contributed by atoms with E-state index in [9.17, 15) is 9.90 Å². The minimum absolute atomic E-state index is 0.114. The Hall–Kier alpha value is -1.85. The van der Waals surface area contributed by atoms with Gasteiger partial charge in [0.2, 0.25) is 0 Å². The molecule has 0 aliphatic rings. The number of carbonyl (C=O) groups excluding carboxylic acids is 1. The Morgan fingerprint density at radius 3 is 2.57 bits per heavy atom. The second-order valence-electron chi connectivity index (χ2n) is 4.78. The van der Waals surface area contributed by atoms with Crippen LogP contribution >= 0.6 is 15.9 Å². The van der Waals surface area contributed by atoms with E-state index in [-0.39, 0.29) is 18.6 Å². The first-order chi connectivity index (χ1) is 10.1. The predicted molar refractivity (Wildman–Crippen MR) is 87.0 cm³/mol. The van der Waals surface area contributed by atoms with Crippen LogP contribution < -0.4 is 11.1 Å². The highest BCUT2D eigenvalue weighted by molar-refractivity contribution is 9.10. The Morgan fingerprint density at radius 2 is 1.95 bits per heavy atom. The average molecular weight is 349 g/mol. The Morgan fingerprint density at radius 1 is 1.24 bits per heavy atom. The lowest BCUT2D eigenvalue weighted by Gasteiger charge is -2.16. The second-order valence-corrected chi connectivity index (χ2v) is 5.63. The third-order valence-electron chi connectivity index (χ3n) is 3.14. The molecule has 4 nitrogen and oxygen atoms in total. The van der Waals surface area contributed by atoms with Crippen LogP contribution in [0.15, 0.2) is 53.0 Å². The van der Waals surface area contributed by atoms with Crippen LogP contribution in [0.4, 0.5) is 5.69 Å². The second kappa shape index (κ2) is 7.24. The smallest absolute Gasteiger partial charge is 0.251 e. The molecule has 0 radical (unpaired) electrons. The van der Waals surface area contributed by atoms with Crippen LogP contribution in [0, 0.1) is 0 Å². The SMILES string of the molecule is Nc1ccc(C(=O)NC(CO)Cc2ccccc2)cc1Br. The Labute approximate surface area is 132 Å². The van der Waals surface area contributed by atoms with Gasteiger partial charge in [-0.25, -0.2) is 0 Å². The van der Waals surface area contributed by atoms with Gasteiger partial charge in [0.25, 0.3) is 5.91 Å². The lowest BCUT2D eigenvalue weighted by atomic mass is 10.1. The Bertz CT molecular complexity index is 617. The molecular formula is C16H17BrN2O2. The van der Waals surface area contributed by atoms with Crippen LogP contribution in [0.25, 0.3) is 0 Å². The van der Waals surface area contributed by atoms with Crippen LogP contribution in [-0.4, -0.2) is 23.7 Å². The molecule has 0 aromatic heterocycles. The average Bonchev–Trinajstić information content (AvgIpc) is 2.50. The zero-order valence-corrected chi connectivity index (χ0v) is 13.0. The molecule has 5 heteroatoms. The zero-order valence-electron chi connectivity index (χ0n) is 11.4. The summed E-state index contributed by atoms with van der Waals surface area (Å²) in [6.07, 6.45) is 0.583. The highest BCUT2D eigenvalue weighted by Gasteiger charge is 2.14. The van der Waals surface area contributed by atoms with Crippen molar-refractivity contribution in [2.75, 3.05) is 12.3 Å². The maximum absolute atomic E-state index is 12.2. The van der Waals surface area contributed by atoms with Gasteiger partial charge in [0.1, 0.15) is 0 Å². The van der Waals surface area contributed by atoms with Gasteiger partial charge in [-0.2, -0.15) is 0 Å². The first-order valence-electron chi connectivity index (χ1n) is 6.61. The number of halogens is 1. The van der Waals surface area contributed by atoms with E-state index in [2.05, 4.69) is 21.2 Å². The van der Waals surface area contributed by atoms with Crippen molar-refractivity contribution >= 4 is 27.5 Å². The molecular weight excluding hydrogens is 332 g/mol. The summed E-state index contributed by atoms with van der Waals surface area (Å²) in [5.41, 5.74) is 7.85. The fraction of sp³-hybridized carbons (Fsp3) is 0.188. The number of carbonyl (C=O) groups is 1. The third-order valence-corrected chi connectivity index (χ3v) is 3.83. The molecule has 2 rings (SSSR count). The van der Waals surface area contributed by atoms with Gasteiger partial charge in [-0.05, 0) is 46.1 Å². The van der Waals surface area contributed by atoms with E-state index >= 15 is 0 Å². The van der Waals surface area contributed by atoms with Gasteiger partial charge in [0.15, 0.2) is 0 Å². The number of aliphatic hydroxyl groups excluding tert-OH is 1. The van der Waals surface area contributed by atoms with Gasteiger partial charge in [-0.15, -0.1) is 0 Å². The van der Waals surface area contributed by atoms with Crippen LogP contribution in [0.5, 0.6) is 0 Å². The van der Waals surface area contributed by atoms with Crippen molar-refractivity contribution in [1.82, 2.24) is 5.32 Å². The van der Waals surface area contributed by atoms with E-state index in [0.717, 1.165) is 5.56 Å². The number of nitrogen functional groups attached to an aromatic ring is 1. The van der Waals surface area contributed by atoms with Gasteiger partial charge in [-0.3, -0.25) is 4.79 Å². The number of hydrogen-bond donors (Lipinski definition) is 3. The number of rotatable bonds is 5. The highest BCUT2D eigenvalue weighted by Crippen LogP contribution is 2.20. The van der Waals surface area contributed by atoms with E-state index in [1.54, 1.807) is 18.2 Å². The molecule has 0 spiro atoms. The quantitative estimate of drug-likeness (QED) is 0.726. The fourth-order valence-electron chi connectivity index (χ4n) is 2.00. The predicted octanol–water partition coefficient (Wildman–Crippen LogP) is 2.36. The number of anilines is 1. The summed E-state index contributed by atoms with van der Waals surface area (Å²) < 4.78 is 0.679. The molecule has 0 heterocycles. The summed E-state index contributed by atoms with van der Waals surface area (Å²) in [6, 6.07) is 14.4. The number of benzene rings is 2. The molecule has 4 N–H and O–H groups in total. The van der Waals surface area contributed by atoms with Crippen molar-refractivity contribution in [1.29, 1.82) is 0 Å².